The van der Waals surface area contributed by atoms with Crippen molar-refractivity contribution in [3.63, 3.8) is 0 Å². The molecule has 0 aromatic heterocycles. The number of methoxy groups -OCH3 is 1. The van der Waals surface area contributed by atoms with Crippen LogP contribution in [0.5, 0.6) is 0 Å². The van der Waals surface area contributed by atoms with Crippen LogP contribution in [-0.4, -0.2) is 37.1 Å². The molecule has 0 spiro atoms. The van der Waals surface area contributed by atoms with Gasteiger partial charge in [0.2, 0.25) is 0 Å². The topological polar surface area (TPSA) is 96.5 Å². The zero-order valence-electron chi connectivity index (χ0n) is 14.2. The van der Waals surface area contributed by atoms with Gasteiger partial charge < -0.3 is 15.4 Å². The SMILES string of the molecule is CNC(=O)c1cccc(NC(=S)NC(=O)c2cccc(C(=O)OC)c2)c1. The minimum atomic E-state index is -0.536. The maximum atomic E-state index is 12.3. The zero-order valence-corrected chi connectivity index (χ0v) is 15.0. The molecule has 0 saturated heterocycles. The van der Waals surface area contributed by atoms with E-state index in [0.29, 0.717) is 11.3 Å². The van der Waals surface area contributed by atoms with Gasteiger partial charge in [0.25, 0.3) is 11.8 Å². The van der Waals surface area contributed by atoms with Crippen LogP contribution >= 0.6 is 12.2 Å². The monoisotopic (exact) mass is 371 g/mol. The molecule has 2 amide bonds. The summed E-state index contributed by atoms with van der Waals surface area (Å²) in [7, 11) is 2.80. The number of anilines is 1. The van der Waals surface area contributed by atoms with Crippen LogP contribution in [0.2, 0.25) is 0 Å². The van der Waals surface area contributed by atoms with E-state index in [1.807, 2.05) is 0 Å². The average molecular weight is 371 g/mol. The molecule has 0 aliphatic rings. The van der Waals surface area contributed by atoms with Gasteiger partial charge in [0.1, 0.15) is 0 Å². The fourth-order valence-electron chi connectivity index (χ4n) is 2.13. The van der Waals surface area contributed by atoms with E-state index >= 15 is 0 Å². The Bertz CT molecular complexity index is 867. The lowest BCUT2D eigenvalue weighted by Gasteiger charge is -2.11. The number of hydrogen-bond donors (Lipinski definition) is 3. The van der Waals surface area contributed by atoms with Gasteiger partial charge in [-0.2, -0.15) is 0 Å². The van der Waals surface area contributed by atoms with Gasteiger partial charge in [-0.15, -0.1) is 0 Å². The van der Waals surface area contributed by atoms with Crippen molar-refractivity contribution in [1.29, 1.82) is 0 Å². The molecule has 0 radical (unpaired) electrons. The second kappa shape index (κ2) is 8.72. The summed E-state index contributed by atoms with van der Waals surface area (Å²) < 4.78 is 4.63. The fraction of sp³-hybridized carbons (Fsp3) is 0.111. The normalized spacial score (nSPS) is 9.77. The Morgan fingerprint density at radius 3 is 2.19 bits per heavy atom. The van der Waals surface area contributed by atoms with Gasteiger partial charge >= 0.3 is 5.97 Å². The Labute approximate surface area is 155 Å². The van der Waals surface area contributed by atoms with E-state index in [9.17, 15) is 14.4 Å². The van der Waals surface area contributed by atoms with Gasteiger partial charge in [-0.1, -0.05) is 12.1 Å². The molecule has 0 heterocycles. The summed E-state index contributed by atoms with van der Waals surface area (Å²) in [5, 5.41) is 7.95. The van der Waals surface area contributed by atoms with Gasteiger partial charge in [-0.3, -0.25) is 14.9 Å². The summed E-state index contributed by atoms with van der Waals surface area (Å²) in [5.74, 6) is -1.25. The predicted octanol–water partition coefficient (Wildman–Crippen LogP) is 1.96. The largest absolute Gasteiger partial charge is 0.465 e. The smallest absolute Gasteiger partial charge is 0.337 e. The highest BCUT2D eigenvalue weighted by atomic mass is 32.1. The number of amides is 2. The molecular formula is C18H17N3O4S. The highest BCUT2D eigenvalue weighted by Gasteiger charge is 2.12. The minimum absolute atomic E-state index is 0.0625. The van der Waals surface area contributed by atoms with E-state index in [2.05, 4.69) is 20.7 Å². The third-order valence-electron chi connectivity index (χ3n) is 3.38. The maximum Gasteiger partial charge on any atom is 0.337 e. The number of carbonyl (C=O) groups excluding carboxylic acids is 3. The van der Waals surface area contributed by atoms with Crippen LogP contribution < -0.4 is 16.0 Å². The third-order valence-corrected chi connectivity index (χ3v) is 3.59. The molecule has 0 aliphatic heterocycles. The molecule has 7 nitrogen and oxygen atoms in total. The summed E-state index contributed by atoms with van der Waals surface area (Å²) in [6.07, 6.45) is 0. The van der Waals surface area contributed by atoms with Crippen molar-refractivity contribution in [1.82, 2.24) is 10.6 Å². The van der Waals surface area contributed by atoms with Crippen LogP contribution in [0, 0.1) is 0 Å². The van der Waals surface area contributed by atoms with Gasteiger partial charge in [0, 0.05) is 23.9 Å². The molecular weight excluding hydrogens is 354 g/mol. The van der Waals surface area contributed by atoms with Crippen LogP contribution in [0.3, 0.4) is 0 Å². The summed E-state index contributed by atoms with van der Waals surface area (Å²) >= 11 is 5.12. The number of carbonyl (C=O) groups is 3. The molecule has 0 saturated carbocycles. The van der Waals surface area contributed by atoms with E-state index < -0.39 is 11.9 Å². The molecule has 0 atom stereocenters. The molecule has 134 valence electrons. The highest BCUT2D eigenvalue weighted by Crippen LogP contribution is 2.11. The average Bonchev–Trinajstić information content (AvgIpc) is 2.66. The molecule has 8 heteroatoms. The summed E-state index contributed by atoms with van der Waals surface area (Å²) in [5.41, 5.74) is 1.53. The summed E-state index contributed by atoms with van der Waals surface area (Å²) in [4.78, 5) is 35.5. The molecule has 2 aromatic carbocycles. The van der Waals surface area contributed by atoms with Crippen LogP contribution in [0.1, 0.15) is 31.1 Å². The van der Waals surface area contributed by atoms with E-state index in [1.165, 1.54) is 20.2 Å². The number of esters is 1. The molecule has 2 aromatic rings. The molecule has 2 rings (SSSR count). The Morgan fingerprint density at radius 2 is 1.54 bits per heavy atom. The molecule has 0 aliphatic carbocycles. The fourth-order valence-corrected chi connectivity index (χ4v) is 2.34. The highest BCUT2D eigenvalue weighted by molar-refractivity contribution is 7.80. The van der Waals surface area contributed by atoms with Gasteiger partial charge in [0.05, 0.1) is 12.7 Å². The van der Waals surface area contributed by atoms with Crippen LogP contribution in [0.25, 0.3) is 0 Å². The van der Waals surface area contributed by atoms with Crippen LogP contribution in [-0.2, 0) is 4.74 Å². The zero-order chi connectivity index (χ0) is 19.1. The summed E-state index contributed by atoms with van der Waals surface area (Å²) in [6, 6.07) is 12.7. The van der Waals surface area contributed by atoms with E-state index in [0.717, 1.165) is 0 Å². The van der Waals surface area contributed by atoms with Gasteiger partial charge in [-0.05, 0) is 48.6 Å². The quantitative estimate of drug-likeness (QED) is 0.562. The van der Waals surface area contributed by atoms with Crippen molar-refractivity contribution in [3.8, 4) is 0 Å². The Hall–Kier alpha value is -3.26. The first-order valence-corrected chi connectivity index (χ1v) is 7.98. The lowest BCUT2D eigenvalue weighted by Crippen LogP contribution is -2.34. The second-order valence-electron chi connectivity index (χ2n) is 5.14. The van der Waals surface area contributed by atoms with Crippen molar-refractivity contribution < 1.29 is 19.1 Å². The lowest BCUT2D eigenvalue weighted by molar-refractivity contribution is 0.0600. The van der Waals surface area contributed by atoms with Gasteiger partial charge in [-0.25, -0.2) is 4.79 Å². The van der Waals surface area contributed by atoms with E-state index in [-0.39, 0.29) is 22.1 Å². The molecule has 0 bridgehead atoms. The number of thiocarbonyl (C=S) groups is 1. The molecule has 0 unspecified atom stereocenters. The van der Waals surface area contributed by atoms with E-state index in [4.69, 9.17) is 12.2 Å². The van der Waals surface area contributed by atoms with Crippen molar-refractivity contribution in [2.24, 2.45) is 0 Å². The van der Waals surface area contributed by atoms with Crippen molar-refractivity contribution in [2.45, 2.75) is 0 Å². The van der Waals surface area contributed by atoms with Crippen LogP contribution in [0.15, 0.2) is 48.5 Å². The standard InChI is InChI=1S/C18H17N3O4S/c1-19-15(22)12-6-4-8-14(10-12)20-18(26)21-16(23)11-5-3-7-13(9-11)17(24)25-2/h3-10H,1-2H3,(H,19,22)(H2,20,21,23,26). The number of benzene rings is 2. The third kappa shape index (κ3) is 4.87. The first-order chi connectivity index (χ1) is 12.4. The number of ether oxygens (including phenoxy) is 1. The lowest BCUT2D eigenvalue weighted by atomic mass is 10.1. The van der Waals surface area contributed by atoms with Crippen molar-refractivity contribution >= 4 is 40.8 Å². The Kier molecular flexibility index (Phi) is 6.40. The van der Waals surface area contributed by atoms with E-state index in [1.54, 1.807) is 42.5 Å². The first-order valence-electron chi connectivity index (χ1n) is 7.57. The molecule has 0 fully saturated rings. The van der Waals surface area contributed by atoms with Crippen LogP contribution in [0.4, 0.5) is 5.69 Å². The summed E-state index contributed by atoms with van der Waals surface area (Å²) in [6.45, 7) is 0. The van der Waals surface area contributed by atoms with Crippen molar-refractivity contribution in [2.75, 3.05) is 19.5 Å². The van der Waals surface area contributed by atoms with Crippen molar-refractivity contribution in [3.05, 3.63) is 65.2 Å². The number of nitrogens with one attached hydrogen (secondary N) is 3. The first kappa shape index (κ1) is 19.1. The molecule has 3 N–H and O–H groups in total. The number of hydrogen-bond acceptors (Lipinski definition) is 5. The Morgan fingerprint density at radius 1 is 0.923 bits per heavy atom. The maximum absolute atomic E-state index is 12.3. The second-order valence-corrected chi connectivity index (χ2v) is 5.55. The number of rotatable bonds is 4. The Balaban J connectivity index is 2.05. The molecule has 26 heavy (non-hydrogen) atoms. The minimum Gasteiger partial charge on any atom is -0.465 e. The van der Waals surface area contributed by atoms with Gasteiger partial charge in [0.15, 0.2) is 5.11 Å². The predicted molar refractivity (Wildman–Crippen MR) is 101 cm³/mol.